The fourth-order valence-electron chi connectivity index (χ4n) is 4.23. The number of hydrogen-bond donors (Lipinski definition) is 2. The van der Waals surface area contributed by atoms with Crippen LogP contribution in [0.25, 0.3) is 11.1 Å². The predicted octanol–water partition coefficient (Wildman–Crippen LogP) is 7.70. The number of benzene rings is 4. The molecule has 0 aliphatic heterocycles. The highest BCUT2D eigenvalue weighted by atomic mass is 16.5. The zero-order valence-electron chi connectivity index (χ0n) is 23.8. The third-order valence-electron chi connectivity index (χ3n) is 6.60. The van der Waals surface area contributed by atoms with Gasteiger partial charge >= 0.3 is 5.97 Å². The maximum Gasteiger partial charge on any atom is 0.303 e. The third kappa shape index (κ3) is 9.68. The first kappa shape index (κ1) is 30.2. The van der Waals surface area contributed by atoms with Crippen LogP contribution >= 0.6 is 0 Å². The number of anilines is 1. The average molecular weight is 564 g/mol. The lowest BCUT2D eigenvalue weighted by atomic mass is 10.0. The Bertz CT molecular complexity index is 1450. The molecule has 0 fully saturated rings. The van der Waals surface area contributed by atoms with Gasteiger partial charge in [0, 0.05) is 24.2 Å². The molecular weight excluding hydrogens is 526 g/mol. The summed E-state index contributed by atoms with van der Waals surface area (Å²) in [6, 6.07) is 32.2. The summed E-state index contributed by atoms with van der Waals surface area (Å²) in [5.74, 6) is 0.777. The summed E-state index contributed by atoms with van der Waals surface area (Å²) in [5.41, 5.74) is 7.03. The van der Waals surface area contributed by atoms with Crippen LogP contribution in [0.3, 0.4) is 0 Å². The summed E-state index contributed by atoms with van der Waals surface area (Å²) in [6.07, 6.45) is 2.33. The van der Waals surface area contributed by atoms with Gasteiger partial charge in [0.25, 0.3) is 0 Å². The molecule has 0 atom stereocenters. The van der Waals surface area contributed by atoms with E-state index in [9.17, 15) is 4.79 Å². The van der Waals surface area contributed by atoms with Crippen molar-refractivity contribution in [2.45, 2.75) is 26.0 Å². The molecule has 0 spiro atoms. The number of aliphatic carboxylic acids is 1. The van der Waals surface area contributed by atoms with E-state index in [1.807, 2.05) is 84.9 Å². The molecule has 4 aromatic carbocycles. The third-order valence-corrected chi connectivity index (χ3v) is 6.60. The molecule has 6 nitrogen and oxygen atoms in total. The molecule has 0 unspecified atom stereocenters. The Balaban J connectivity index is 1.43. The smallest absolute Gasteiger partial charge is 0.303 e. The number of carboxylic acid groups (broad SMARTS) is 1. The van der Waals surface area contributed by atoms with Gasteiger partial charge in [0.1, 0.15) is 24.7 Å². The van der Waals surface area contributed by atoms with E-state index in [1.54, 1.807) is 6.08 Å². The molecule has 0 aromatic heterocycles. The van der Waals surface area contributed by atoms with E-state index in [0.29, 0.717) is 39.4 Å². The van der Waals surface area contributed by atoms with Crippen LogP contribution in [0.1, 0.15) is 23.1 Å². The Morgan fingerprint density at radius 3 is 2.29 bits per heavy atom. The first-order valence-corrected chi connectivity index (χ1v) is 14.0. The van der Waals surface area contributed by atoms with E-state index < -0.39 is 5.97 Å². The molecule has 0 bridgehead atoms. The lowest BCUT2D eigenvalue weighted by Gasteiger charge is -2.15. The second-order valence-corrected chi connectivity index (χ2v) is 9.84. The second kappa shape index (κ2) is 15.8. The molecule has 0 aliphatic rings. The highest BCUT2D eigenvalue weighted by Crippen LogP contribution is 2.33. The molecular formula is C36H37NO5. The van der Waals surface area contributed by atoms with E-state index in [4.69, 9.17) is 19.3 Å². The zero-order chi connectivity index (χ0) is 29.6. The molecule has 2 N–H and O–H groups in total. The largest absolute Gasteiger partial charge is 0.491 e. The van der Waals surface area contributed by atoms with Crippen molar-refractivity contribution in [2.24, 2.45) is 0 Å². The summed E-state index contributed by atoms with van der Waals surface area (Å²) < 4.78 is 17.7. The maximum absolute atomic E-state index is 10.8. The van der Waals surface area contributed by atoms with Gasteiger partial charge in [0.2, 0.25) is 0 Å². The van der Waals surface area contributed by atoms with Gasteiger partial charge in [-0.2, -0.15) is 0 Å². The van der Waals surface area contributed by atoms with Crippen LogP contribution in [-0.4, -0.2) is 30.9 Å². The minimum Gasteiger partial charge on any atom is -0.491 e. The topological polar surface area (TPSA) is 77.0 Å². The van der Waals surface area contributed by atoms with Crippen molar-refractivity contribution < 1.29 is 24.1 Å². The Labute approximate surface area is 247 Å². The number of carboxylic acids is 1. The van der Waals surface area contributed by atoms with Crippen LogP contribution in [0.2, 0.25) is 0 Å². The number of nitrogens with one attached hydrogen (secondary N) is 1. The van der Waals surface area contributed by atoms with Gasteiger partial charge in [0.15, 0.2) is 0 Å². The van der Waals surface area contributed by atoms with Crippen LogP contribution in [0.5, 0.6) is 11.5 Å². The Hall–Kier alpha value is -4.81. The molecule has 0 heterocycles. The normalized spacial score (nSPS) is 10.6. The summed E-state index contributed by atoms with van der Waals surface area (Å²) in [4.78, 5) is 10.8. The van der Waals surface area contributed by atoms with Gasteiger partial charge in [-0.25, -0.2) is 0 Å². The first-order valence-electron chi connectivity index (χ1n) is 14.0. The molecule has 216 valence electrons. The minimum atomic E-state index is -0.789. The van der Waals surface area contributed by atoms with Gasteiger partial charge in [-0.1, -0.05) is 79.9 Å². The molecule has 0 saturated heterocycles. The molecule has 4 rings (SSSR count). The van der Waals surface area contributed by atoms with Crippen molar-refractivity contribution in [2.75, 3.05) is 25.1 Å². The summed E-state index contributed by atoms with van der Waals surface area (Å²) in [6.45, 7) is 9.96. The van der Waals surface area contributed by atoms with Crippen molar-refractivity contribution >= 4 is 11.7 Å². The van der Waals surface area contributed by atoms with Crippen LogP contribution in [0, 0.1) is 0 Å². The molecule has 4 aromatic rings. The van der Waals surface area contributed by atoms with E-state index >= 15 is 0 Å². The minimum absolute atomic E-state index is 0.127. The molecule has 42 heavy (non-hydrogen) atoms. The Kier molecular flexibility index (Phi) is 11.4. The predicted molar refractivity (Wildman–Crippen MR) is 168 cm³/mol. The molecule has 0 amide bonds. The van der Waals surface area contributed by atoms with Gasteiger partial charge in [-0.3, -0.25) is 4.79 Å². The van der Waals surface area contributed by atoms with Crippen LogP contribution < -0.4 is 14.8 Å². The summed E-state index contributed by atoms with van der Waals surface area (Å²) in [5, 5.41) is 12.4. The number of hydrogen-bond acceptors (Lipinski definition) is 5. The quantitative estimate of drug-likeness (QED) is 0.101. The highest BCUT2D eigenvalue weighted by Gasteiger charge is 2.10. The lowest BCUT2D eigenvalue weighted by Crippen LogP contribution is -2.07. The number of ether oxygens (including phenoxy) is 3. The first-order chi connectivity index (χ1) is 20.5. The van der Waals surface area contributed by atoms with E-state index in [1.165, 1.54) is 0 Å². The van der Waals surface area contributed by atoms with E-state index in [-0.39, 0.29) is 6.42 Å². The standard InChI is InChI=1S/C36H37NO5/c1-3-27(2)25-40-21-22-41-33-17-13-31(14-18-33)34-23-30(11-19-35(34)42-26-29-7-5-4-6-8-29)24-37-32-15-9-28(10-16-32)12-20-36(38)39/h3-11,13-19,23,37H,1-2,12,20-22,24-26H2,(H,38,39). The fourth-order valence-corrected chi connectivity index (χ4v) is 4.23. The van der Waals surface area contributed by atoms with E-state index in [2.05, 4.69) is 30.6 Å². The maximum atomic E-state index is 10.8. The number of rotatable bonds is 17. The fraction of sp³-hybridized carbons (Fsp3) is 0.194. The van der Waals surface area contributed by atoms with Crippen molar-refractivity contribution in [3.8, 4) is 22.6 Å². The second-order valence-electron chi connectivity index (χ2n) is 9.84. The average Bonchev–Trinajstić information content (AvgIpc) is 3.03. The van der Waals surface area contributed by atoms with Crippen LogP contribution in [0.15, 0.2) is 122 Å². The molecule has 0 aliphatic carbocycles. The SMILES string of the molecule is C=CC(=C)COCCOc1ccc(-c2cc(CNc3ccc(CCC(=O)O)cc3)ccc2OCc2ccccc2)cc1. The zero-order valence-corrected chi connectivity index (χ0v) is 23.8. The van der Waals surface area contributed by atoms with Crippen LogP contribution in [0.4, 0.5) is 5.69 Å². The Morgan fingerprint density at radius 2 is 1.57 bits per heavy atom. The number of aryl methyl sites for hydroxylation is 1. The molecule has 0 saturated carbocycles. The van der Waals surface area contributed by atoms with Crippen molar-refractivity contribution in [3.63, 3.8) is 0 Å². The lowest BCUT2D eigenvalue weighted by molar-refractivity contribution is -0.136. The monoisotopic (exact) mass is 563 g/mol. The van der Waals surface area contributed by atoms with E-state index in [0.717, 1.165) is 50.6 Å². The van der Waals surface area contributed by atoms with Crippen molar-refractivity contribution in [1.29, 1.82) is 0 Å². The van der Waals surface area contributed by atoms with Gasteiger partial charge in [-0.05, 0) is 70.6 Å². The molecule has 6 heteroatoms. The highest BCUT2D eigenvalue weighted by molar-refractivity contribution is 5.72. The van der Waals surface area contributed by atoms with Crippen LogP contribution in [-0.2, 0) is 29.1 Å². The molecule has 0 radical (unpaired) electrons. The van der Waals surface area contributed by atoms with Gasteiger partial charge in [-0.15, -0.1) is 0 Å². The Morgan fingerprint density at radius 1 is 0.833 bits per heavy atom. The van der Waals surface area contributed by atoms with Crippen molar-refractivity contribution in [3.05, 3.63) is 139 Å². The van der Waals surface area contributed by atoms with Crippen molar-refractivity contribution in [1.82, 2.24) is 0 Å². The van der Waals surface area contributed by atoms with Gasteiger partial charge < -0.3 is 24.6 Å². The summed E-state index contributed by atoms with van der Waals surface area (Å²) >= 11 is 0. The number of carbonyl (C=O) groups is 1. The van der Waals surface area contributed by atoms with Gasteiger partial charge in [0.05, 0.1) is 13.2 Å². The summed E-state index contributed by atoms with van der Waals surface area (Å²) in [7, 11) is 0.